The minimum Gasteiger partial charge on any atom is -0.297 e. The number of amides is 1. The summed E-state index contributed by atoms with van der Waals surface area (Å²) in [6.45, 7) is 7.14. The maximum absolute atomic E-state index is 12.1. The van der Waals surface area contributed by atoms with Crippen molar-refractivity contribution in [2.45, 2.75) is 13.5 Å². The van der Waals surface area contributed by atoms with Crippen LogP contribution in [0.4, 0.5) is 0 Å². The molecule has 1 saturated heterocycles. The van der Waals surface area contributed by atoms with Gasteiger partial charge < -0.3 is 0 Å². The van der Waals surface area contributed by atoms with Crippen LogP contribution in [0.25, 0.3) is 0 Å². The Morgan fingerprint density at radius 3 is 2.52 bits per heavy atom. The molecule has 0 atom stereocenters. The van der Waals surface area contributed by atoms with Gasteiger partial charge in [0.25, 0.3) is 5.91 Å². The molecule has 2 aromatic rings. The summed E-state index contributed by atoms with van der Waals surface area (Å²) in [5, 5.41) is 4.65. The number of carbonyl (C=O) groups excluding carboxylic acids is 1. The van der Waals surface area contributed by atoms with E-state index >= 15 is 0 Å². The van der Waals surface area contributed by atoms with E-state index in [2.05, 4.69) is 51.5 Å². The molecule has 0 aromatic heterocycles. The Morgan fingerprint density at radius 2 is 1.81 bits per heavy atom. The Balaban J connectivity index is 1.38. The minimum absolute atomic E-state index is 0.0970. The predicted octanol–water partition coefficient (Wildman–Crippen LogP) is 2.92. The summed E-state index contributed by atoms with van der Waals surface area (Å²) < 4.78 is 0. The monoisotopic (exact) mass is 384 g/mol. The van der Waals surface area contributed by atoms with E-state index < -0.39 is 0 Å². The van der Waals surface area contributed by atoms with Gasteiger partial charge in [0, 0.05) is 37.7 Å². The van der Waals surface area contributed by atoms with E-state index in [4.69, 9.17) is 11.6 Å². The van der Waals surface area contributed by atoms with Gasteiger partial charge in [-0.15, -0.1) is 0 Å². The fourth-order valence-corrected chi connectivity index (χ4v) is 3.26. The zero-order valence-electron chi connectivity index (χ0n) is 15.6. The summed E-state index contributed by atoms with van der Waals surface area (Å²) >= 11 is 5.93. The first kappa shape index (κ1) is 19.5. The fourth-order valence-electron chi connectivity index (χ4n) is 3.06. The van der Waals surface area contributed by atoms with Gasteiger partial charge in [0.1, 0.15) is 0 Å². The molecule has 1 aliphatic heterocycles. The van der Waals surface area contributed by atoms with Gasteiger partial charge >= 0.3 is 0 Å². The first-order valence-electron chi connectivity index (χ1n) is 9.16. The van der Waals surface area contributed by atoms with Crippen LogP contribution in [0.1, 0.15) is 16.7 Å². The summed E-state index contributed by atoms with van der Waals surface area (Å²) in [5.41, 5.74) is 6.06. The summed E-state index contributed by atoms with van der Waals surface area (Å²) in [6.07, 6.45) is 1.60. The Labute approximate surface area is 165 Å². The van der Waals surface area contributed by atoms with Crippen molar-refractivity contribution in [3.8, 4) is 0 Å². The van der Waals surface area contributed by atoms with Crippen molar-refractivity contribution in [1.82, 2.24) is 15.2 Å². The second-order valence-electron chi connectivity index (χ2n) is 6.89. The van der Waals surface area contributed by atoms with Crippen LogP contribution < -0.4 is 5.43 Å². The van der Waals surface area contributed by atoms with Crippen molar-refractivity contribution in [3.63, 3.8) is 0 Å². The van der Waals surface area contributed by atoms with Gasteiger partial charge in [-0.05, 0) is 30.2 Å². The van der Waals surface area contributed by atoms with Crippen molar-refractivity contribution >= 4 is 23.7 Å². The number of nitrogens with zero attached hydrogens (tertiary/aromatic N) is 3. The van der Waals surface area contributed by atoms with E-state index in [0.29, 0.717) is 11.6 Å². The van der Waals surface area contributed by atoms with Crippen LogP contribution in [0.2, 0.25) is 5.02 Å². The lowest BCUT2D eigenvalue weighted by Gasteiger charge is -2.34. The van der Waals surface area contributed by atoms with Crippen LogP contribution in [-0.2, 0) is 11.3 Å². The van der Waals surface area contributed by atoms with Crippen LogP contribution >= 0.6 is 11.6 Å². The molecular formula is C21H25ClN4O. The fraction of sp³-hybridized carbons (Fsp3) is 0.333. The molecule has 3 rings (SSSR count). The maximum atomic E-state index is 12.1. The molecule has 0 bridgehead atoms. The summed E-state index contributed by atoms with van der Waals surface area (Å²) in [5.74, 6) is -0.0970. The molecule has 1 amide bonds. The Kier molecular flexibility index (Phi) is 6.98. The number of nitrogens with one attached hydrogen (secondary N) is 1. The number of halogens is 1. The van der Waals surface area contributed by atoms with E-state index in [-0.39, 0.29) is 5.91 Å². The second-order valence-corrected chi connectivity index (χ2v) is 7.32. The number of aryl methyl sites for hydroxylation is 1. The van der Waals surface area contributed by atoms with Crippen molar-refractivity contribution in [2.24, 2.45) is 5.10 Å². The van der Waals surface area contributed by atoms with Crippen LogP contribution in [0.15, 0.2) is 53.6 Å². The largest absolute Gasteiger partial charge is 0.297 e. The number of carbonyl (C=O) groups is 1. The molecular weight excluding hydrogens is 360 g/mol. The number of hydrogen-bond acceptors (Lipinski definition) is 4. The predicted molar refractivity (Wildman–Crippen MR) is 110 cm³/mol. The zero-order chi connectivity index (χ0) is 19.1. The Bertz CT molecular complexity index is 783. The molecule has 6 heteroatoms. The summed E-state index contributed by atoms with van der Waals surface area (Å²) in [7, 11) is 0. The topological polar surface area (TPSA) is 47.9 Å². The van der Waals surface area contributed by atoms with Crippen LogP contribution in [0.3, 0.4) is 0 Å². The lowest BCUT2D eigenvalue weighted by molar-refractivity contribution is -0.122. The first-order valence-corrected chi connectivity index (χ1v) is 9.54. The minimum atomic E-state index is -0.0970. The zero-order valence-corrected chi connectivity index (χ0v) is 16.3. The van der Waals surface area contributed by atoms with Gasteiger partial charge in [-0.2, -0.15) is 5.10 Å². The highest BCUT2D eigenvalue weighted by Gasteiger charge is 2.18. The highest BCUT2D eigenvalue weighted by molar-refractivity contribution is 6.30. The van der Waals surface area contributed by atoms with E-state index in [1.807, 2.05) is 12.1 Å². The van der Waals surface area contributed by atoms with Crippen LogP contribution in [-0.4, -0.2) is 54.6 Å². The van der Waals surface area contributed by atoms with Gasteiger partial charge in [0.05, 0.1) is 12.8 Å². The molecule has 0 aliphatic carbocycles. The van der Waals surface area contributed by atoms with Gasteiger partial charge in [0.2, 0.25) is 0 Å². The van der Waals surface area contributed by atoms with Gasteiger partial charge in [-0.3, -0.25) is 14.6 Å². The number of hydrazone groups is 1. The molecule has 5 nitrogen and oxygen atoms in total. The maximum Gasteiger partial charge on any atom is 0.254 e. The van der Waals surface area contributed by atoms with Crippen molar-refractivity contribution in [2.75, 3.05) is 32.7 Å². The average Bonchev–Trinajstić information content (AvgIpc) is 2.65. The SMILES string of the molecule is Cc1ccc(CN2CCN(CC(=O)NN=Cc3cccc(Cl)c3)CC2)cc1. The van der Waals surface area contributed by atoms with Crippen molar-refractivity contribution in [3.05, 3.63) is 70.2 Å². The number of benzene rings is 2. The number of rotatable bonds is 6. The lowest BCUT2D eigenvalue weighted by atomic mass is 10.1. The summed E-state index contributed by atoms with van der Waals surface area (Å²) in [6, 6.07) is 16.0. The number of hydrogen-bond donors (Lipinski definition) is 1. The molecule has 142 valence electrons. The molecule has 0 saturated carbocycles. The second kappa shape index (κ2) is 9.65. The van der Waals surface area contributed by atoms with E-state index in [1.165, 1.54) is 11.1 Å². The third-order valence-electron chi connectivity index (χ3n) is 4.61. The van der Waals surface area contributed by atoms with E-state index in [0.717, 1.165) is 38.3 Å². The molecule has 27 heavy (non-hydrogen) atoms. The first-order chi connectivity index (χ1) is 13.1. The van der Waals surface area contributed by atoms with Crippen LogP contribution in [0.5, 0.6) is 0 Å². The smallest absolute Gasteiger partial charge is 0.254 e. The van der Waals surface area contributed by atoms with E-state index in [9.17, 15) is 4.79 Å². The highest BCUT2D eigenvalue weighted by Crippen LogP contribution is 2.10. The molecule has 0 radical (unpaired) electrons. The lowest BCUT2D eigenvalue weighted by Crippen LogP contribution is -2.48. The molecule has 1 N–H and O–H groups in total. The third kappa shape index (κ3) is 6.47. The number of piperazine rings is 1. The van der Waals surface area contributed by atoms with Gasteiger partial charge in [0.15, 0.2) is 0 Å². The third-order valence-corrected chi connectivity index (χ3v) is 4.85. The Hall–Kier alpha value is -2.21. The van der Waals surface area contributed by atoms with Crippen molar-refractivity contribution < 1.29 is 4.79 Å². The molecule has 0 unspecified atom stereocenters. The molecule has 0 spiro atoms. The highest BCUT2D eigenvalue weighted by atomic mass is 35.5. The normalized spacial score (nSPS) is 15.9. The Morgan fingerprint density at radius 1 is 1.11 bits per heavy atom. The molecule has 1 fully saturated rings. The van der Waals surface area contributed by atoms with Crippen molar-refractivity contribution in [1.29, 1.82) is 0 Å². The standard InChI is InChI=1S/C21H25ClN4O/c1-17-5-7-18(8-6-17)15-25-9-11-26(12-10-25)16-21(27)24-23-14-19-3-2-4-20(22)13-19/h2-8,13-14H,9-12,15-16H2,1H3,(H,24,27). The average molecular weight is 385 g/mol. The quantitative estimate of drug-likeness (QED) is 0.615. The van der Waals surface area contributed by atoms with E-state index in [1.54, 1.807) is 18.3 Å². The summed E-state index contributed by atoms with van der Waals surface area (Å²) in [4.78, 5) is 16.7. The van der Waals surface area contributed by atoms with Gasteiger partial charge in [-0.1, -0.05) is 53.6 Å². The molecule has 1 aliphatic rings. The molecule has 1 heterocycles. The molecule has 2 aromatic carbocycles. The van der Waals surface area contributed by atoms with Gasteiger partial charge in [-0.25, -0.2) is 5.43 Å². The van der Waals surface area contributed by atoms with Crippen LogP contribution in [0, 0.1) is 6.92 Å².